The van der Waals surface area contributed by atoms with E-state index in [0.29, 0.717) is 20.6 Å². The van der Waals surface area contributed by atoms with Crippen molar-refractivity contribution < 1.29 is 9.53 Å². The first-order valence-electron chi connectivity index (χ1n) is 7.29. The van der Waals surface area contributed by atoms with Gasteiger partial charge in [0, 0.05) is 17.1 Å². The van der Waals surface area contributed by atoms with Crippen LogP contribution in [0.5, 0.6) is 0 Å². The van der Waals surface area contributed by atoms with Crippen LogP contribution in [-0.4, -0.2) is 20.5 Å². The topological polar surface area (TPSA) is 65.0 Å². The van der Waals surface area contributed by atoms with Crippen LogP contribution in [0.2, 0.25) is 4.34 Å². The monoisotopic (exact) mass is 379 g/mol. The van der Waals surface area contributed by atoms with Crippen LogP contribution < -0.4 is 0 Å². The Labute approximate surface area is 152 Å². The van der Waals surface area contributed by atoms with E-state index in [4.69, 9.17) is 16.3 Å². The summed E-state index contributed by atoms with van der Waals surface area (Å²) in [6, 6.07) is 8.18. The third-order valence-corrected chi connectivity index (χ3v) is 5.61. The molecule has 0 fully saturated rings. The summed E-state index contributed by atoms with van der Waals surface area (Å²) in [5.74, 6) is -0.425. The first kappa shape index (κ1) is 17.0. The maximum absolute atomic E-state index is 12.3. The second-order valence-electron chi connectivity index (χ2n) is 5.05. The number of halogens is 1. The highest BCUT2D eigenvalue weighted by atomic mass is 35.5. The molecule has 0 radical (unpaired) electrons. The van der Waals surface area contributed by atoms with Gasteiger partial charge in [-0.15, -0.1) is 16.4 Å². The molecule has 3 aromatic rings. The van der Waals surface area contributed by atoms with Crippen molar-refractivity contribution in [1.82, 2.24) is 14.6 Å². The van der Waals surface area contributed by atoms with Crippen molar-refractivity contribution in [3.63, 3.8) is 0 Å². The number of ether oxygens (including phenoxy) is 1. The number of rotatable bonds is 5. The van der Waals surface area contributed by atoms with Gasteiger partial charge in [0.05, 0.1) is 5.69 Å². The highest BCUT2D eigenvalue weighted by molar-refractivity contribution is 7.17. The Balaban J connectivity index is 1.75. The summed E-state index contributed by atoms with van der Waals surface area (Å²) in [6.07, 6.45) is 0.989. The molecule has 5 nitrogen and oxygen atoms in total. The summed E-state index contributed by atoms with van der Waals surface area (Å²) in [5.41, 5.74) is 3.38. The van der Waals surface area contributed by atoms with E-state index in [1.54, 1.807) is 6.92 Å². The van der Waals surface area contributed by atoms with Gasteiger partial charge in [-0.2, -0.15) is 0 Å². The Morgan fingerprint density at radius 1 is 1.29 bits per heavy atom. The minimum absolute atomic E-state index is 0.00599. The van der Waals surface area contributed by atoms with Crippen LogP contribution in [-0.2, 0) is 17.8 Å². The molecule has 0 spiro atoms. The molecule has 2 aromatic heterocycles. The van der Waals surface area contributed by atoms with Gasteiger partial charge in [0.1, 0.15) is 26.5 Å². The number of carbonyl (C=O) groups is 1. The Kier molecular flexibility index (Phi) is 5.23. The fraction of sp³-hybridized carbons (Fsp3) is 0.250. The molecule has 124 valence electrons. The summed E-state index contributed by atoms with van der Waals surface area (Å²) in [4.78, 5) is 17.3. The van der Waals surface area contributed by atoms with Crippen molar-refractivity contribution >= 4 is 40.4 Å². The molecule has 0 amide bonds. The van der Waals surface area contributed by atoms with Gasteiger partial charge < -0.3 is 4.74 Å². The van der Waals surface area contributed by atoms with Crippen molar-refractivity contribution in [2.24, 2.45) is 0 Å². The summed E-state index contributed by atoms with van der Waals surface area (Å²) in [5, 5.41) is 4.62. The van der Waals surface area contributed by atoms with Crippen molar-refractivity contribution in [1.29, 1.82) is 0 Å². The molecule has 0 bridgehead atoms. The van der Waals surface area contributed by atoms with Crippen molar-refractivity contribution in [2.45, 2.75) is 26.9 Å². The lowest BCUT2D eigenvalue weighted by atomic mass is 10.1. The van der Waals surface area contributed by atoms with Gasteiger partial charge in [0.15, 0.2) is 0 Å². The van der Waals surface area contributed by atoms with Crippen LogP contribution in [0.3, 0.4) is 0 Å². The summed E-state index contributed by atoms with van der Waals surface area (Å²) >= 11 is 8.29. The average molecular weight is 380 g/mol. The SMILES string of the molecule is CCc1ccc(-c2nc(C)c(C(=O)OCc3nnsc3Cl)s2)cc1. The number of hydrogen-bond acceptors (Lipinski definition) is 7. The number of benzene rings is 1. The van der Waals surface area contributed by atoms with Crippen LogP contribution >= 0.6 is 34.5 Å². The standard InChI is InChI=1S/C16H14ClN3O2S2/c1-3-10-4-6-11(7-5-10)15-18-9(2)13(23-15)16(21)22-8-12-14(17)24-20-19-12/h4-7H,3,8H2,1-2H3. The van der Waals surface area contributed by atoms with Crippen molar-refractivity contribution in [3.05, 3.63) is 50.4 Å². The first-order chi connectivity index (χ1) is 11.6. The largest absolute Gasteiger partial charge is 0.455 e. The molecule has 0 aliphatic rings. The lowest BCUT2D eigenvalue weighted by Crippen LogP contribution is -2.05. The van der Waals surface area contributed by atoms with E-state index in [9.17, 15) is 4.79 Å². The zero-order chi connectivity index (χ0) is 17.1. The van der Waals surface area contributed by atoms with Crippen LogP contribution in [0.1, 0.15) is 33.5 Å². The highest BCUT2D eigenvalue weighted by Gasteiger charge is 2.18. The van der Waals surface area contributed by atoms with E-state index in [2.05, 4.69) is 33.6 Å². The molecule has 0 unspecified atom stereocenters. The molecule has 0 N–H and O–H groups in total. The number of thiazole rings is 1. The number of aromatic nitrogens is 3. The molecule has 3 rings (SSSR count). The van der Waals surface area contributed by atoms with Crippen LogP contribution in [0.25, 0.3) is 10.6 Å². The quantitative estimate of drug-likeness (QED) is 0.609. The molecule has 24 heavy (non-hydrogen) atoms. The fourth-order valence-corrected chi connectivity index (χ4v) is 3.64. The molecular weight excluding hydrogens is 366 g/mol. The predicted molar refractivity (Wildman–Crippen MR) is 95.7 cm³/mol. The number of carbonyl (C=O) groups excluding carboxylic acids is 1. The normalized spacial score (nSPS) is 10.8. The molecule has 1 aromatic carbocycles. The summed E-state index contributed by atoms with van der Waals surface area (Å²) in [6.45, 7) is 3.92. The van der Waals surface area contributed by atoms with Gasteiger partial charge >= 0.3 is 5.97 Å². The smallest absolute Gasteiger partial charge is 0.350 e. The minimum Gasteiger partial charge on any atom is -0.455 e. The van der Waals surface area contributed by atoms with E-state index in [0.717, 1.165) is 28.5 Å². The lowest BCUT2D eigenvalue weighted by Gasteiger charge is -2.01. The summed E-state index contributed by atoms with van der Waals surface area (Å²) < 4.78 is 9.41. The Morgan fingerprint density at radius 3 is 2.67 bits per heavy atom. The molecule has 0 aliphatic heterocycles. The second-order valence-corrected chi connectivity index (χ2v) is 7.41. The van der Waals surface area contributed by atoms with Gasteiger partial charge in [-0.05, 0) is 18.9 Å². The van der Waals surface area contributed by atoms with E-state index in [1.807, 2.05) is 12.1 Å². The van der Waals surface area contributed by atoms with Crippen molar-refractivity contribution in [3.8, 4) is 10.6 Å². The molecule has 0 atom stereocenters. The van der Waals surface area contributed by atoms with E-state index < -0.39 is 5.97 Å². The van der Waals surface area contributed by atoms with Crippen molar-refractivity contribution in [2.75, 3.05) is 0 Å². The molecular formula is C16H14ClN3O2S2. The van der Waals surface area contributed by atoms with E-state index in [1.165, 1.54) is 16.9 Å². The van der Waals surface area contributed by atoms with Crippen LogP contribution in [0.15, 0.2) is 24.3 Å². The predicted octanol–water partition coefficient (Wildman–Crippen LogP) is 4.54. The number of hydrogen-bond donors (Lipinski definition) is 0. The van der Waals surface area contributed by atoms with Gasteiger partial charge in [-0.1, -0.05) is 47.3 Å². The highest BCUT2D eigenvalue weighted by Crippen LogP contribution is 2.29. The molecule has 2 heterocycles. The minimum atomic E-state index is -0.425. The van der Waals surface area contributed by atoms with Gasteiger partial charge in [-0.25, -0.2) is 9.78 Å². The van der Waals surface area contributed by atoms with Crippen LogP contribution in [0, 0.1) is 6.92 Å². The zero-order valence-electron chi connectivity index (χ0n) is 13.1. The molecule has 0 saturated heterocycles. The van der Waals surface area contributed by atoms with Gasteiger partial charge in [0.2, 0.25) is 0 Å². The maximum atomic E-state index is 12.3. The Morgan fingerprint density at radius 2 is 2.04 bits per heavy atom. The average Bonchev–Trinajstić information content (AvgIpc) is 3.18. The third-order valence-electron chi connectivity index (χ3n) is 3.44. The van der Waals surface area contributed by atoms with Gasteiger partial charge in [0.25, 0.3) is 0 Å². The summed E-state index contributed by atoms with van der Waals surface area (Å²) in [7, 11) is 0. The molecule has 8 heteroatoms. The lowest BCUT2D eigenvalue weighted by molar-refractivity contribution is 0.0472. The Hall–Kier alpha value is -1.83. The van der Waals surface area contributed by atoms with Gasteiger partial charge in [-0.3, -0.25) is 0 Å². The molecule has 0 saturated carbocycles. The first-order valence-corrected chi connectivity index (χ1v) is 9.26. The maximum Gasteiger partial charge on any atom is 0.350 e. The fourth-order valence-electron chi connectivity index (χ4n) is 2.07. The number of nitrogens with zero attached hydrogens (tertiary/aromatic N) is 3. The van der Waals surface area contributed by atoms with E-state index in [-0.39, 0.29) is 6.61 Å². The Bertz CT molecular complexity index is 859. The number of esters is 1. The zero-order valence-corrected chi connectivity index (χ0v) is 15.5. The number of aryl methyl sites for hydroxylation is 2. The third kappa shape index (κ3) is 3.63. The molecule has 0 aliphatic carbocycles. The van der Waals surface area contributed by atoms with E-state index >= 15 is 0 Å². The van der Waals surface area contributed by atoms with Crippen LogP contribution in [0.4, 0.5) is 0 Å². The second kappa shape index (κ2) is 7.38.